The Kier molecular flexibility index (Phi) is 4.39. The third-order valence-electron chi connectivity index (χ3n) is 5.09. The number of aromatic amines is 1. The summed E-state index contributed by atoms with van der Waals surface area (Å²) in [5.74, 6) is 1.88. The Balaban J connectivity index is 0.00000150. The number of imidazole rings is 1. The number of carbonyl (C=O) groups is 1. The van der Waals surface area contributed by atoms with Gasteiger partial charge in [0.25, 0.3) is 0 Å². The molecule has 27 heavy (non-hydrogen) atoms. The van der Waals surface area contributed by atoms with Gasteiger partial charge >= 0.3 is 0 Å². The smallest absolute Gasteiger partial charge is 0.222 e. The van der Waals surface area contributed by atoms with Crippen LogP contribution in [-0.2, 0) is 4.79 Å². The topological polar surface area (TPSA) is 113 Å². The Hall–Kier alpha value is -3.16. The number of hydrogen-bond donors (Lipinski definition) is 3. The summed E-state index contributed by atoms with van der Waals surface area (Å²) in [6, 6.07) is 6.04. The largest absolute Gasteiger partial charge is 0.382 e. The first-order chi connectivity index (χ1) is 13.0. The molecule has 1 saturated heterocycles. The van der Waals surface area contributed by atoms with Crippen LogP contribution in [0.4, 0.5) is 11.6 Å². The molecule has 4 rings (SSSR count). The number of hydrogen-bond acceptors (Lipinski definition) is 6. The van der Waals surface area contributed by atoms with E-state index in [1.54, 1.807) is 13.2 Å². The van der Waals surface area contributed by atoms with E-state index in [9.17, 15) is 4.79 Å². The molecule has 0 aliphatic carbocycles. The van der Waals surface area contributed by atoms with E-state index in [2.05, 4.69) is 25.2 Å². The van der Waals surface area contributed by atoms with Gasteiger partial charge in [-0.05, 0) is 37.5 Å². The number of aryl methyl sites for hydroxylation is 1. The van der Waals surface area contributed by atoms with Crippen molar-refractivity contribution in [3.05, 3.63) is 30.0 Å². The molecule has 0 unspecified atom stereocenters. The molecular formula is C19H29N7O. The minimum atomic E-state index is 0. The summed E-state index contributed by atoms with van der Waals surface area (Å²) in [5.41, 5.74) is 9.60. The Morgan fingerprint density at radius 1 is 1.33 bits per heavy atom. The number of rotatable bonds is 3. The maximum absolute atomic E-state index is 11.8. The predicted molar refractivity (Wildman–Crippen MR) is 112 cm³/mol. The van der Waals surface area contributed by atoms with Crippen LogP contribution in [0.1, 0.15) is 22.7 Å². The molecule has 2 aromatic heterocycles. The maximum atomic E-state index is 11.8. The zero-order chi connectivity index (χ0) is 19.0. The number of nitrogens with zero attached hydrogens (tertiary/aromatic N) is 4. The molecule has 4 N–H and O–H groups in total. The Morgan fingerprint density at radius 3 is 2.85 bits per heavy atom. The van der Waals surface area contributed by atoms with Crippen LogP contribution in [0, 0.1) is 12.8 Å². The highest BCUT2D eigenvalue weighted by Gasteiger charge is 2.25. The molecule has 0 saturated carbocycles. The van der Waals surface area contributed by atoms with Crippen molar-refractivity contribution in [2.24, 2.45) is 5.92 Å². The number of anilines is 2. The van der Waals surface area contributed by atoms with Gasteiger partial charge in [0, 0.05) is 30.3 Å². The third-order valence-corrected chi connectivity index (χ3v) is 5.09. The number of fused-ring (bicyclic) bond motifs is 1. The summed E-state index contributed by atoms with van der Waals surface area (Å²) in [5, 5.41) is 2.73. The second kappa shape index (κ2) is 6.86. The number of amides is 1. The molecule has 1 fully saturated rings. The first kappa shape index (κ1) is 17.3. The van der Waals surface area contributed by atoms with Crippen LogP contribution >= 0.6 is 0 Å². The lowest BCUT2D eigenvalue weighted by atomic mass is 9.96. The van der Waals surface area contributed by atoms with Gasteiger partial charge in [0.1, 0.15) is 5.82 Å². The molecule has 0 bridgehead atoms. The minimum Gasteiger partial charge on any atom is -0.382 e. The highest BCUT2D eigenvalue weighted by molar-refractivity contribution is 5.81. The Morgan fingerprint density at radius 2 is 2.11 bits per heavy atom. The van der Waals surface area contributed by atoms with E-state index in [4.69, 9.17) is 10.7 Å². The van der Waals surface area contributed by atoms with Crippen LogP contribution in [-0.4, -0.2) is 46.0 Å². The first-order valence-electron chi connectivity index (χ1n) is 9.11. The fourth-order valence-electron chi connectivity index (χ4n) is 3.53. The average Bonchev–Trinajstić information content (AvgIpc) is 3.10. The van der Waals surface area contributed by atoms with E-state index in [1.165, 1.54) is 0 Å². The SMILES string of the molecule is CNC(=O)C1CCN(c2cnc(N)c(-c3nc4ccc(C)cc4[nH]3)n2)CC1.[HH].[HH].[HH]. The average molecular weight is 371 g/mol. The summed E-state index contributed by atoms with van der Waals surface area (Å²) in [6.07, 6.45) is 3.28. The second-order valence-corrected chi connectivity index (χ2v) is 6.94. The van der Waals surface area contributed by atoms with Crippen molar-refractivity contribution in [3.63, 3.8) is 0 Å². The Bertz CT molecular complexity index is 1000. The van der Waals surface area contributed by atoms with Gasteiger partial charge in [-0.15, -0.1) is 0 Å². The highest BCUT2D eigenvalue weighted by Crippen LogP contribution is 2.27. The summed E-state index contributed by atoms with van der Waals surface area (Å²) >= 11 is 0. The van der Waals surface area contributed by atoms with Crippen LogP contribution in [0.5, 0.6) is 0 Å². The van der Waals surface area contributed by atoms with E-state index in [-0.39, 0.29) is 16.1 Å². The molecular weight excluding hydrogens is 342 g/mol. The quantitative estimate of drug-likeness (QED) is 0.652. The number of nitrogens with one attached hydrogen (secondary N) is 2. The number of carbonyl (C=O) groups excluding carboxylic acids is 1. The highest BCUT2D eigenvalue weighted by atomic mass is 16.1. The second-order valence-electron chi connectivity index (χ2n) is 6.94. The van der Waals surface area contributed by atoms with Gasteiger partial charge in [-0.3, -0.25) is 4.79 Å². The number of piperidine rings is 1. The molecule has 0 spiro atoms. The standard InChI is InChI=1S/C19H23N7O.3H2/c1-11-3-4-13-14(9-11)24-18(23-13)16-17(20)22-10-15(25-16)26-7-5-12(6-8-26)19(27)21-2;;;/h3-4,9-10,12H,5-8H2,1-2H3,(H2,20,22)(H,21,27)(H,23,24);3*1H. The lowest BCUT2D eigenvalue weighted by molar-refractivity contribution is -0.125. The number of nitrogens with two attached hydrogens (primary N) is 1. The lowest BCUT2D eigenvalue weighted by Gasteiger charge is -2.31. The van der Waals surface area contributed by atoms with E-state index in [1.807, 2.05) is 25.1 Å². The number of aromatic nitrogens is 4. The minimum absolute atomic E-state index is 0. The molecule has 1 amide bonds. The summed E-state index contributed by atoms with van der Waals surface area (Å²) < 4.78 is 0. The van der Waals surface area contributed by atoms with Crippen molar-refractivity contribution >= 4 is 28.6 Å². The monoisotopic (exact) mass is 371 g/mol. The van der Waals surface area contributed by atoms with Crippen molar-refractivity contribution in [2.75, 3.05) is 30.8 Å². The molecule has 1 aliphatic rings. The molecule has 8 heteroatoms. The first-order valence-corrected chi connectivity index (χ1v) is 9.11. The molecule has 3 heterocycles. The van der Waals surface area contributed by atoms with Crippen molar-refractivity contribution < 1.29 is 9.07 Å². The third kappa shape index (κ3) is 3.30. The van der Waals surface area contributed by atoms with Crippen molar-refractivity contribution in [2.45, 2.75) is 19.8 Å². The number of benzene rings is 1. The molecule has 3 aromatic rings. The van der Waals surface area contributed by atoms with Crippen LogP contribution in [0.25, 0.3) is 22.6 Å². The molecule has 1 aromatic carbocycles. The predicted octanol–water partition coefficient (Wildman–Crippen LogP) is 2.61. The summed E-state index contributed by atoms with van der Waals surface area (Å²) in [7, 11) is 1.68. The molecule has 8 nitrogen and oxygen atoms in total. The van der Waals surface area contributed by atoms with E-state index < -0.39 is 0 Å². The van der Waals surface area contributed by atoms with Crippen molar-refractivity contribution in [1.29, 1.82) is 0 Å². The summed E-state index contributed by atoms with van der Waals surface area (Å²) in [6.45, 7) is 3.56. The Labute approximate surface area is 161 Å². The molecule has 146 valence electrons. The number of nitrogen functional groups attached to an aromatic ring is 1. The molecule has 1 aliphatic heterocycles. The van der Waals surface area contributed by atoms with E-state index in [0.29, 0.717) is 17.3 Å². The van der Waals surface area contributed by atoms with Gasteiger partial charge in [-0.25, -0.2) is 15.0 Å². The van der Waals surface area contributed by atoms with Crippen LogP contribution in [0.2, 0.25) is 0 Å². The summed E-state index contributed by atoms with van der Waals surface area (Å²) in [4.78, 5) is 30.9. The van der Waals surface area contributed by atoms with Gasteiger partial charge in [0.15, 0.2) is 17.3 Å². The van der Waals surface area contributed by atoms with E-state index >= 15 is 0 Å². The lowest BCUT2D eigenvalue weighted by Crippen LogP contribution is -2.40. The van der Waals surface area contributed by atoms with Gasteiger partial charge < -0.3 is 20.9 Å². The van der Waals surface area contributed by atoms with Crippen LogP contribution < -0.4 is 16.0 Å². The van der Waals surface area contributed by atoms with Crippen LogP contribution in [0.15, 0.2) is 24.4 Å². The van der Waals surface area contributed by atoms with Gasteiger partial charge in [0.2, 0.25) is 5.91 Å². The van der Waals surface area contributed by atoms with Crippen LogP contribution in [0.3, 0.4) is 0 Å². The van der Waals surface area contributed by atoms with E-state index in [0.717, 1.165) is 48.3 Å². The maximum Gasteiger partial charge on any atom is 0.222 e. The van der Waals surface area contributed by atoms with Crippen molar-refractivity contribution in [1.82, 2.24) is 25.3 Å². The van der Waals surface area contributed by atoms with Gasteiger partial charge in [-0.1, -0.05) is 6.07 Å². The zero-order valence-corrected chi connectivity index (χ0v) is 15.5. The number of H-pyrrole nitrogens is 1. The van der Waals surface area contributed by atoms with Crippen molar-refractivity contribution in [3.8, 4) is 11.5 Å². The molecule has 0 radical (unpaired) electrons. The fraction of sp³-hybridized carbons (Fsp3) is 0.368. The normalized spacial score (nSPS) is 15.3. The molecule has 0 atom stereocenters. The zero-order valence-electron chi connectivity index (χ0n) is 15.5. The fourth-order valence-corrected chi connectivity index (χ4v) is 3.53. The van der Waals surface area contributed by atoms with Gasteiger partial charge in [0.05, 0.1) is 17.2 Å². The van der Waals surface area contributed by atoms with Gasteiger partial charge in [-0.2, -0.15) is 0 Å².